The Balaban J connectivity index is 1.79. The van der Waals surface area contributed by atoms with Crippen LogP contribution < -0.4 is 23.8 Å². The van der Waals surface area contributed by atoms with Crippen LogP contribution in [0, 0.1) is 11.3 Å². The number of urea groups is 1. The molecule has 0 radical (unpaired) electrons. The smallest absolute Gasteiger partial charge is 0.319 e. The lowest BCUT2D eigenvalue weighted by molar-refractivity contribution is -0.126. The standard InChI is InChI=1S/C28H25N5O8S/c1-4-41-25-20(6-5-11-30-25)28(31-27(36)32-15-18(34)16-32)21-12-17(14-29)7-9-22(21)33(26(28)35)42(37,38)24-10-8-19(39-2)13-23(24)40-3/h5-13H,4,15-16H2,1-3H3,(H,31,36)/t28-/m1/s1. The largest absolute Gasteiger partial charge is 0.497 e. The van der Waals surface area contributed by atoms with E-state index in [0.29, 0.717) is 10.1 Å². The lowest BCUT2D eigenvalue weighted by Gasteiger charge is -2.36. The van der Waals surface area contributed by atoms with E-state index in [4.69, 9.17) is 14.2 Å². The quantitative estimate of drug-likeness (QED) is 0.409. The van der Waals surface area contributed by atoms with Gasteiger partial charge in [0.15, 0.2) is 11.3 Å². The first-order chi connectivity index (χ1) is 20.1. The summed E-state index contributed by atoms with van der Waals surface area (Å²) < 4.78 is 45.4. The molecule has 1 aromatic heterocycles. The number of nitrogens with zero attached hydrogens (tertiary/aromatic N) is 4. The van der Waals surface area contributed by atoms with Crippen molar-refractivity contribution in [1.82, 2.24) is 15.2 Å². The molecule has 3 aromatic rings. The molecule has 1 atom stereocenters. The maximum Gasteiger partial charge on any atom is 0.319 e. The van der Waals surface area contributed by atoms with E-state index in [2.05, 4.69) is 10.3 Å². The molecule has 42 heavy (non-hydrogen) atoms. The highest BCUT2D eigenvalue weighted by molar-refractivity contribution is 7.93. The number of benzene rings is 2. The van der Waals surface area contributed by atoms with Gasteiger partial charge in [0.05, 0.1) is 56.8 Å². The number of nitriles is 1. The zero-order valence-electron chi connectivity index (χ0n) is 22.8. The van der Waals surface area contributed by atoms with Crippen LogP contribution in [0.3, 0.4) is 0 Å². The number of carbonyl (C=O) groups is 3. The number of ketones is 1. The fourth-order valence-electron chi connectivity index (χ4n) is 4.92. The van der Waals surface area contributed by atoms with Gasteiger partial charge < -0.3 is 24.4 Å². The molecule has 2 aliphatic heterocycles. The Bertz CT molecular complexity index is 1760. The molecule has 1 saturated heterocycles. The molecule has 1 fully saturated rings. The van der Waals surface area contributed by atoms with E-state index < -0.39 is 27.5 Å². The van der Waals surface area contributed by atoms with Crippen LogP contribution in [0.25, 0.3) is 0 Å². The van der Waals surface area contributed by atoms with Gasteiger partial charge in [-0.05, 0) is 49.4 Å². The predicted molar refractivity (Wildman–Crippen MR) is 147 cm³/mol. The first kappa shape index (κ1) is 28.4. The monoisotopic (exact) mass is 591 g/mol. The van der Waals surface area contributed by atoms with Crippen molar-refractivity contribution in [3.63, 3.8) is 0 Å². The minimum Gasteiger partial charge on any atom is -0.497 e. The Morgan fingerprint density at radius 2 is 1.86 bits per heavy atom. The zero-order chi connectivity index (χ0) is 30.2. The number of carbonyl (C=O) groups excluding carboxylic acids is 3. The third-order valence-corrected chi connectivity index (χ3v) is 8.65. The molecule has 0 unspecified atom stereocenters. The fourth-order valence-corrected chi connectivity index (χ4v) is 6.53. The fraction of sp³-hybridized carbons (Fsp3) is 0.250. The number of ether oxygens (including phenoxy) is 3. The van der Waals surface area contributed by atoms with E-state index in [1.54, 1.807) is 6.92 Å². The second-order valence-electron chi connectivity index (χ2n) is 9.30. The number of rotatable bonds is 8. The Kier molecular flexibility index (Phi) is 7.21. The molecule has 14 heteroatoms. The molecule has 0 saturated carbocycles. The third-order valence-electron chi connectivity index (χ3n) is 6.92. The molecule has 0 bridgehead atoms. The number of fused-ring (bicyclic) bond motifs is 1. The topological polar surface area (TPSA) is 168 Å². The van der Waals surface area contributed by atoms with Crippen molar-refractivity contribution in [2.24, 2.45) is 0 Å². The molecular formula is C28H25N5O8S. The van der Waals surface area contributed by atoms with Crippen molar-refractivity contribution < 1.29 is 37.0 Å². The van der Waals surface area contributed by atoms with Crippen molar-refractivity contribution in [1.29, 1.82) is 5.26 Å². The lowest BCUT2D eigenvalue weighted by Crippen LogP contribution is -2.61. The Hall–Kier alpha value is -5.16. The van der Waals surface area contributed by atoms with Crippen molar-refractivity contribution >= 4 is 33.4 Å². The van der Waals surface area contributed by atoms with Gasteiger partial charge in [0, 0.05) is 17.8 Å². The second kappa shape index (κ2) is 10.7. The van der Waals surface area contributed by atoms with Gasteiger partial charge in [-0.2, -0.15) is 9.57 Å². The first-order valence-electron chi connectivity index (χ1n) is 12.7. The number of pyridine rings is 1. The van der Waals surface area contributed by atoms with E-state index in [9.17, 15) is 28.1 Å². The van der Waals surface area contributed by atoms with Crippen LogP contribution in [-0.4, -0.2) is 69.9 Å². The molecule has 216 valence electrons. The minimum atomic E-state index is -4.71. The summed E-state index contributed by atoms with van der Waals surface area (Å²) in [6.45, 7) is 1.47. The maximum atomic E-state index is 14.7. The number of Topliss-reactive ketones (excluding diaryl/α,β-unsaturated/α-hetero) is 1. The van der Waals surface area contributed by atoms with Gasteiger partial charge in [-0.25, -0.2) is 18.2 Å². The number of hydrogen-bond acceptors (Lipinski definition) is 10. The summed E-state index contributed by atoms with van der Waals surface area (Å²) in [5.41, 5.74) is -2.20. The van der Waals surface area contributed by atoms with Crippen LogP contribution >= 0.6 is 0 Å². The SMILES string of the molecule is CCOc1ncccc1[C@]1(NC(=O)N2CC(=O)C2)C(=O)N(S(=O)(=O)c2ccc(OC)cc2OC)c2ccc(C#N)cc21. The summed E-state index contributed by atoms with van der Waals surface area (Å²) in [4.78, 5) is 44.9. The average Bonchev–Trinajstić information content (AvgIpc) is 3.23. The predicted octanol–water partition coefficient (Wildman–Crippen LogP) is 1.94. The van der Waals surface area contributed by atoms with Crippen LogP contribution in [-0.2, 0) is 25.2 Å². The maximum absolute atomic E-state index is 14.7. The van der Waals surface area contributed by atoms with Crippen LogP contribution in [0.1, 0.15) is 23.6 Å². The van der Waals surface area contributed by atoms with Crippen LogP contribution in [0.4, 0.5) is 10.5 Å². The number of sulfonamides is 1. The number of likely N-dealkylation sites (tertiary alicyclic amines) is 1. The van der Waals surface area contributed by atoms with E-state index in [0.717, 1.165) is 0 Å². The van der Waals surface area contributed by atoms with E-state index in [1.165, 1.54) is 73.8 Å². The summed E-state index contributed by atoms with van der Waals surface area (Å²) in [5.74, 6) is -1.08. The molecule has 0 aliphatic carbocycles. The summed E-state index contributed by atoms with van der Waals surface area (Å²) in [5, 5.41) is 12.4. The second-order valence-corrected chi connectivity index (χ2v) is 11.1. The Morgan fingerprint density at radius 3 is 2.50 bits per heavy atom. The summed E-state index contributed by atoms with van der Waals surface area (Å²) >= 11 is 0. The van der Waals surface area contributed by atoms with Crippen molar-refractivity contribution in [3.05, 3.63) is 71.4 Å². The van der Waals surface area contributed by atoms with Gasteiger partial charge in [-0.1, -0.05) is 0 Å². The molecule has 0 spiro atoms. The molecular weight excluding hydrogens is 566 g/mol. The average molecular weight is 592 g/mol. The summed E-state index contributed by atoms with van der Waals surface area (Å²) in [6.07, 6.45) is 1.42. The molecule has 1 N–H and O–H groups in total. The zero-order valence-corrected chi connectivity index (χ0v) is 23.6. The van der Waals surface area contributed by atoms with Crippen molar-refractivity contribution in [3.8, 4) is 23.4 Å². The normalized spacial score (nSPS) is 17.7. The van der Waals surface area contributed by atoms with Gasteiger partial charge in [0.2, 0.25) is 5.88 Å². The van der Waals surface area contributed by atoms with Crippen LogP contribution in [0.2, 0.25) is 0 Å². The van der Waals surface area contributed by atoms with Gasteiger partial charge >= 0.3 is 6.03 Å². The third kappa shape index (κ3) is 4.34. The van der Waals surface area contributed by atoms with Crippen LogP contribution in [0.15, 0.2) is 59.6 Å². The number of hydrogen-bond donors (Lipinski definition) is 1. The number of aromatic nitrogens is 1. The Labute approximate surface area is 241 Å². The highest BCUT2D eigenvalue weighted by atomic mass is 32.2. The van der Waals surface area contributed by atoms with Gasteiger partial charge in [0.25, 0.3) is 15.9 Å². The number of anilines is 1. The van der Waals surface area contributed by atoms with E-state index in [1.807, 2.05) is 6.07 Å². The lowest BCUT2D eigenvalue weighted by atomic mass is 9.83. The highest BCUT2D eigenvalue weighted by Crippen LogP contribution is 2.50. The molecule has 5 rings (SSSR count). The highest BCUT2D eigenvalue weighted by Gasteiger charge is 2.59. The van der Waals surface area contributed by atoms with Gasteiger partial charge in [-0.15, -0.1) is 0 Å². The van der Waals surface area contributed by atoms with Gasteiger partial charge in [0.1, 0.15) is 16.4 Å². The van der Waals surface area contributed by atoms with Crippen molar-refractivity contribution in [2.45, 2.75) is 17.4 Å². The number of amides is 3. The van der Waals surface area contributed by atoms with E-state index in [-0.39, 0.29) is 64.4 Å². The van der Waals surface area contributed by atoms with Gasteiger partial charge in [-0.3, -0.25) is 9.59 Å². The molecule has 3 amide bonds. The molecule has 13 nitrogen and oxygen atoms in total. The molecule has 3 heterocycles. The summed E-state index contributed by atoms with van der Waals surface area (Å²) in [6, 6.07) is 12.2. The first-order valence-corrected chi connectivity index (χ1v) is 14.1. The summed E-state index contributed by atoms with van der Waals surface area (Å²) in [7, 11) is -2.03. The number of methoxy groups -OCH3 is 2. The number of nitrogens with one attached hydrogen (secondary N) is 1. The van der Waals surface area contributed by atoms with E-state index >= 15 is 0 Å². The Morgan fingerprint density at radius 1 is 1.10 bits per heavy atom. The minimum absolute atomic E-state index is 0.00300. The molecule has 2 aliphatic rings. The molecule has 2 aromatic carbocycles. The van der Waals surface area contributed by atoms with Crippen LogP contribution in [0.5, 0.6) is 17.4 Å². The van der Waals surface area contributed by atoms with Crippen molar-refractivity contribution in [2.75, 3.05) is 38.2 Å².